The van der Waals surface area contributed by atoms with E-state index in [0.29, 0.717) is 12.1 Å². The molecule has 3 nitrogen and oxygen atoms in total. The highest BCUT2D eigenvalue weighted by Crippen LogP contribution is 2.27. The topological polar surface area (TPSA) is 24.5 Å². The number of piperidine rings is 1. The van der Waals surface area contributed by atoms with Crippen molar-refractivity contribution in [2.24, 2.45) is 0 Å². The van der Waals surface area contributed by atoms with Crippen molar-refractivity contribution in [1.82, 2.24) is 10.2 Å². The van der Waals surface area contributed by atoms with Crippen LogP contribution in [0.3, 0.4) is 0 Å². The molecule has 0 amide bonds. The van der Waals surface area contributed by atoms with E-state index in [1.165, 1.54) is 25.8 Å². The number of likely N-dealkylation sites (tertiary alicyclic amines) is 1. The average molecular weight is 212 g/mol. The van der Waals surface area contributed by atoms with Crippen LogP contribution in [-0.2, 0) is 4.74 Å². The fraction of sp³-hybridized carbons (Fsp3) is 1.00. The molecular formula is C12H24N2O. The highest BCUT2D eigenvalue weighted by atomic mass is 16.5. The van der Waals surface area contributed by atoms with Gasteiger partial charge in [0.2, 0.25) is 0 Å². The van der Waals surface area contributed by atoms with Crippen molar-refractivity contribution in [2.75, 3.05) is 20.2 Å². The van der Waals surface area contributed by atoms with Gasteiger partial charge >= 0.3 is 0 Å². The highest BCUT2D eigenvalue weighted by molar-refractivity contribution is 4.88. The van der Waals surface area contributed by atoms with Crippen molar-refractivity contribution < 1.29 is 4.74 Å². The van der Waals surface area contributed by atoms with Crippen LogP contribution in [0, 0.1) is 0 Å². The summed E-state index contributed by atoms with van der Waals surface area (Å²) in [5.41, 5.74) is -0.0876. The van der Waals surface area contributed by atoms with Gasteiger partial charge in [-0.3, -0.25) is 5.32 Å². The third-order valence-corrected chi connectivity index (χ3v) is 3.75. The molecule has 1 N–H and O–H groups in total. The molecule has 0 saturated carbocycles. The van der Waals surface area contributed by atoms with Crippen LogP contribution < -0.4 is 5.32 Å². The second kappa shape index (κ2) is 4.40. The Morgan fingerprint density at radius 2 is 2.27 bits per heavy atom. The molecule has 0 bridgehead atoms. The lowest BCUT2D eigenvalue weighted by molar-refractivity contribution is -0.0251. The molecule has 0 aromatic heterocycles. The maximum Gasteiger partial charge on any atom is 0.118 e. The lowest BCUT2D eigenvalue weighted by Crippen LogP contribution is -2.48. The number of hydrogen-bond donors (Lipinski definition) is 1. The molecule has 3 heteroatoms. The van der Waals surface area contributed by atoms with Crippen LogP contribution in [0.5, 0.6) is 0 Å². The molecule has 2 rings (SSSR count). The van der Waals surface area contributed by atoms with Gasteiger partial charge in [0.15, 0.2) is 0 Å². The van der Waals surface area contributed by atoms with Crippen molar-refractivity contribution in [3.8, 4) is 0 Å². The fourth-order valence-corrected chi connectivity index (χ4v) is 2.88. The lowest BCUT2D eigenvalue weighted by Gasteiger charge is -2.37. The minimum absolute atomic E-state index is 0.0876. The molecule has 2 saturated heterocycles. The average Bonchev–Trinajstić information content (AvgIpc) is 2.51. The maximum absolute atomic E-state index is 5.87. The standard InChI is InChI=1S/C12H24N2O/c1-10-9-15-12(2,13-10)8-11-6-4-5-7-14(11)3/h10-11,13H,4-9H2,1-3H3. The van der Waals surface area contributed by atoms with E-state index in [2.05, 4.69) is 31.1 Å². The first-order valence-electron chi connectivity index (χ1n) is 6.21. The molecule has 0 aromatic rings. The first-order chi connectivity index (χ1) is 7.09. The van der Waals surface area contributed by atoms with Gasteiger partial charge in [-0.25, -0.2) is 0 Å². The van der Waals surface area contributed by atoms with Gasteiger partial charge in [-0.05, 0) is 40.3 Å². The molecule has 2 aliphatic heterocycles. The molecule has 2 fully saturated rings. The van der Waals surface area contributed by atoms with Crippen LogP contribution in [0.1, 0.15) is 39.5 Å². The molecular weight excluding hydrogens is 188 g/mol. The Morgan fingerprint density at radius 3 is 2.87 bits per heavy atom. The number of hydrogen-bond acceptors (Lipinski definition) is 3. The Hall–Kier alpha value is -0.120. The van der Waals surface area contributed by atoms with E-state index < -0.39 is 0 Å². The predicted octanol–water partition coefficient (Wildman–Crippen LogP) is 1.59. The quantitative estimate of drug-likeness (QED) is 0.752. The van der Waals surface area contributed by atoms with Crippen LogP contribution in [0.15, 0.2) is 0 Å². The minimum atomic E-state index is -0.0876. The Kier molecular flexibility index (Phi) is 3.33. The fourth-order valence-electron chi connectivity index (χ4n) is 2.88. The van der Waals surface area contributed by atoms with Gasteiger partial charge in [-0.2, -0.15) is 0 Å². The molecule has 0 aliphatic carbocycles. The van der Waals surface area contributed by atoms with E-state index in [-0.39, 0.29) is 5.72 Å². The third-order valence-electron chi connectivity index (χ3n) is 3.75. The summed E-state index contributed by atoms with van der Waals surface area (Å²) >= 11 is 0. The van der Waals surface area contributed by atoms with E-state index in [4.69, 9.17) is 4.74 Å². The SMILES string of the molecule is CC1COC(C)(CC2CCCCN2C)N1. The molecule has 2 aliphatic rings. The van der Waals surface area contributed by atoms with Crippen molar-refractivity contribution in [1.29, 1.82) is 0 Å². The lowest BCUT2D eigenvalue weighted by atomic mass is 9.95. The summed E-state index contributed by atoms with van der Waals surface area (Å²) in [5.74, 6) is 0. The Labute approximate surface area is 93.2 Å². The molecule has 0 radical (unpaired) electrons. The van der Waals surface area contributed by atoms with Gasteiger partial charge in [-0.1, -0.05) is 6.42 Å². The Balaban J connectivity index is 1.89. The van der Waals surface area contributed by atoms with Gasteiger partial charge in [0.1, 0.15) is 5.72 Å². The summed E-state index contributed by atoms with van der Waals surface area (Å²) in [7, 11) is 2.24. The molecule has 15 heavy (non-hydrogen) atoms. The minimum Gasteiger partial charge on any atom is -0.359 e. The van der Waals surface area contributed by atoms with E-state index in [1.807, 2.05) is 0 Å². The van der Waals surface area contributed by atoms with E-state index in [9.17, 15) is 0 Å². The van der Waals surface area contributed by atoms with Crippen LogP contribution in [0.2, 0.25) is 0 Å². The van der Waals surface area contributed by atoms with Crippen LogP contribution >= 0.6 is 0 Å². The summed E-state index contributed by atoms with van der Waals surface area (Å²) < 4.78 is 5.87. The van der Waals surface area contributed by atoms with Crippen molar-refractivity contribution in [3.05, 3.63) is 0 Å². The summed E-state index contributed by atoms with van der Waals surface area (Å²) in [6.07, 6.45) is 5.17. The second-order valence-electron chi connectivity index (χ2n) is 5.42. The van der Waals surface area contributed by atoms with E-state index >= 15 is 0 Å². The zero-order chi connectivity index (χ0) is 10.9. The monoisotopic (exact) mass is 212 g/mol. The molecule has 0 aromatic carbocycles. The normalized spacial score (nSPS) is 43.4. The van der Waals surface area contributed by atoms with Crippen molar-refractivity contribution in [3.63, 3.8) is 0 Å². The predicted molar refractivity (Wildman–Crippen MR) is 61.8 cm³/mol. The largest absolute Gasteiger partial charge is 0.359 e. The number of ether oxygens (including phenoxy) is 1. The van der Waals surface area contributed by atoms with Crippen molar-refractivity contribution >= 4 is 0 Å². The smallest absolute Gasteiger partial charge is 0.118 e. The zero-order valence-electron chi connectivity index (χ0n) is 10.3. The van der Waals surface area contributed by atoms with E-state index in [1.54, 1.807) is 0 Å². The summed E-state index contributed by atoms with van der Waals surface area (Å²) in [6, 6.07) is 1.20. The van der Waals surface area contributed by atoms with Crippen LogP contribution in [0.25, 0.3) is 0 Å². The summed E-state index contributed by atoms with van der Waals surface area (Å²) in [6.45, 7) is 6.48. The Bertz CT molecular complexity index is 222. The number of rotatable bonds is 2. The summed E-state index contributed by atoms with van der Waals surface area (Å²) in [5, 5.41) is 3.55. The second-order valence-corrected chi connectivity index (χ2v) is 5.42. The molecule has 0 spiro atoms. The van der Waals surface area contributed by atoms with Gasteiger partial charge in [0.05, 0.1) is 6.61 Å². The van der Waals surface area contributed by atoms with Crippen molar-refractivity contribution in [2.45, 2.75) is 57.3 Å². The molecule has 3 unspecified atom stereocenters. The van der Waals surface area contributed by atoms with Gasteiger partial charge < -0.3 is 9.64 Å². The van der Waals surface area contributed by atoms with Gasteiger partial charge in [-0.15, -0.1) is 0 Å². The first kappa shape index (κ1) is 11.4. The molecule has 2 heterocycles. The molecule has 3 atom stereocenters. The van der Waals surface area contributed by atoms with Crippen LogP contribution in [-0.4, -0.2) is 42.9 Å². The number of nitrogens with zero attached hydrogens (tertiary/aromatic N) is 1. The molecule has 88 valence electrons. The number of nitrogens with one attached hydrogen (secondary N) is 1. The first-order valence-corrected chi connectivity index (χ1v) is 6.21. The van der Waals surface area contributed by atoms with E-state index in [0.717, 1.165) is 13.0 Å². The maximum atomic E-state index is 5.87. The van der Waals surface area contributed by atoms with Crippen LogP contribution in [0.4, 0.5) is 0 Å². The van der Waals surface area contributed by atoms with Gasteiger partial charge in [0.25, 0.3) is 0 Å². The Morgan fingerprint density at radius 1 is 1.47 bits per heavy atom. The van der Waals surface area contributed by atoms with Gasteiger partial charge in [0, 0.05) is 18.5 Å². The highest BCUT2D eigenvalue weighted by Gasteiger charge is 2.36. The third kappa shape index (κ3) is 2.71. The summed E-state index contributed by atoms with van der Waals surface area (Å²) in [4.78, 5) is 2.49. The zero-order valence-corrected chi connectivity index (χ0v) is 10.3.